The van der Waals surface area contributed by atoms with Gasteiger partial charge in [0.15, 0.2) is 5.78 Å². The summed E-state index contributed by atoms with van der Waals surface area (Å²) in [6.07, 6.45) is 3.48. The highest BCUT2D eigenvalue weighted by atomic mass is 16.5. The Hall–Kier alpha value is -1.05. The fourth-order valence-electron chi connectivity index (χ4n) is 2.13. The van der Waals surface area contributed by atoms with Crippen molar-refractivity contribution in [3.05, 3.63) is 24.0 Å². The zero-order valence-electron chi connectivity index (χ0n) is 10.7. The lowest BCUT2D eigenvalue weighted by molar-refractivity contribution is -0.120. The van der Waals surface area contributed by atoms with Gasteiger partial charge in [0.25, 0.3) is 0 Å². The van der Waals surface area contributed by atoms with E-state index in [4.69, 9.17) is 4.74 Å². The van der Waals surface area contributed by atoms with E-state index in [1.165, 1.54) is 0 Å². The molecule has 1 rings (SSSR count). The van der Waals surface area contributed by atoms with Gasteiger partial charge in [0.1, 0.15) is 5.76 Å². The van der Waals surface area contributed by atoms with Crippen molar-refractivity contribution in [3.63, 3.8) is 0 Å². The fraction of sp³-hybridized carbons (Fsp3) is 0.643. The molecule has 0 radical (unpaired) electrons. The maximum absolute atomic E-state index is 11.9. The highest BCUT2D eigenvalue weighted by molar-refractivity contribution is 5.93. The average Bonchev–Trinajstić information content (AvgIpc) is 2.10. The summed E-state index contributed by atoms with van der Waals surface area (Å²) < 4.78 is 5.60. The third-order valence-corrected chi connectivity index (χ3v) is 2.83. The predicted octanol–water partition coefficient (Wildman–Crippen LogP) is 3.49. The predicted molar refractivity (Wildman–Crippen MR) is 66.0 cm³/mol. The first-order valence-corrected chi connectivity index (χ1v) is 5.95. The molecule has 2 heteroatoms. The van der Waals surface area contributed by atoms with Crippen LogP contribution in [0.1, 0.15) is 40.5 Å². The van der Waals surface area contributed by atoms with Crippen molar-refractivity contribution in [1.82, 2.24) is 0 Å². The molecule has 0 aromatic rings. The van der Waals surface area contributed by atoms with Crippen molar-refractivity contribution in [3.8, 4) is 0 Å². The standard InChI is InChI=1S/C14H22O2/c1-9(2)6-13-11(5)7-12(8-14(13)15)16-10(3)4/h8,10-11,13H,1,6-7H2,2-5H3. The number of allylic oxidation sites excluding steroid dienone is 3. The lowest BCUT2D eigenvalue weighted by atomic mass is 9.79. The molecule has 2 unspecified atom stereocenters. The van der Waals surface area contributed by atoms with Crippen LogP contribution in [0.4, 0.5) is 0 Å². The Labute approximate surface area is 98.4 Å². The molecule has 0 bridgehead atoms. The molecule has 2 nitrogen and oxygen atoms in total. The molecule has 0 spiro atoms. The molecule has 0 aliphatic heterocycles. The number of hydrogen-bond acceptors (Lipinski definition) is 2. The SMILES string of the molecule is C=C(C)CC1C(=O)C=C(OC(C)C)CC1C. The molecule has 2 atom stereocenters. The average molecular weight is 222 g/mol. The van der Waals surface area contributed by atoms with Crippen molar-refractivity contribution in [1.29, 1.82) is 0 Å². The van der Waals surface area contributed by atoms with Crippen molar-refractivity contribution in [2.45, 2.75) is 46.6 Å². The van der Waals surface area contributed by atoms with E-state index in [-0.39, 0.29) is 17.8 Å². The second-order valence-electron chi connectivity index (χ2n) is 5.13. The summed E-state index contributed by atoms with van der Waals surface area (Å²) in [5.41, 5.74) is 1.08. The van der Waals surface area contributed by atoms with Crippen molar-refractivity contribution >= 4 is 5.78 Å². The van der Waals surface area contributed by atoms with Crippen molar-refractivity contribution in [2.75, 3.05) is 0 Å². The van der Waals surface area contributed by atoms with Gasteiger partial charge in [-0.1, -0.05) is 12.5 Å². The topological polar surface area (TPSA) is 26.3 Å². The Morgan fingerprint density at radius 3 is 2.69 bits per heavy atom. The van der Waals surface area contributed by atoms with Crippen LogP contribution < -0.4 is 0 Å². The van der Waals surface area contributed by atoms with Gasteiger partial charge in [0.05, 0.1) is 6.10 Å². The van der Waals surface area contributed by atoms with Gasteiger partial charge < -0.3 is 4.74 Å². The maximum atomic E-state index is 11.9. The van der Waals surface area contributed by atoms with E-state index in [0.29, 0.717) is 5.92 Å². The number of carbonyl (C=O) groups excluding carboxylic acids is 1. The summed E-state index contributed by atoms with van der Waals surface area (Å²) in [4.78, 5) is 11.9. The van der Waals surface area contributed by atoms with Gasteiger partial charge in [-0.25, -0.2) is 0 Å². The molecule has 0 amide bonds. The third-order valence-electron chi connectivity index (χ3n) is 2.83. The Morgan fingerprint density at radius 1 is 1.62 bits per heavy atom. The Bertz CT molecular complexity index is 313. The van der Waals surface area contributed by atoms with Crippen LogP contribution in [0.3, 0.4) is 0 Å². The van der Waals surface area contributed by atoms with E-state index in [0.717, 1.165) is 24.2 Å². The van der Waals surface area contributed by atoms with Gasteiger partial charge in [-0.15, -0.1) is 6.58 Å². The quantitative estimate of drug-likeness (QED) is 0.681. The normalized spacial score (nSPS) is 25.6. The highest BCUT2D eigenvalue weighted by Gasteiger charge is 2.29. The second kappa shape index (κ2) is 5.33. The zero-order chi connectivity index (χ0) is 12.3. The largest absolute Gasteiger partial charge is 0.495 e. The van der Waals surface area contributed by atoms with E-state index in [2.05, 4.69) is 13.5 Å². The van der Waals surface area contributed by atoms with Gasteiger partial charge >= 0.3 is 0 Å². The molecular weight excluding hydrogens is 200 g/mol. The minimum atomic E-state index is 0.0945. The molecule has 1 aliphatic rings. The molecule has 0 aromatic carbocycles. The van der Waals surface area contributed by atoms with Crippen LogP contribution in [0, 0.1) is 11.8 Å². The summed E-state index contributed by atoms with van der Waals surface area (Å²) in [7, 11) is 0. The van der Waals surface area contributed by atoms with E-state index in [1.807, 2.05) is 20.8 Å². The molecular formula is C14H22O2. The van der Waals surface area contributed by atoms with E-state index in [1.54, 1.807) is 6.08 Å². The van der Waals surface area contributed by atoms with E-state index >= 15 is 0 Å². The van der Waals surface area contributed by atoms with Crippen molar-refractivity contribution < 1.29 is 9.53 Å². The van der Waals surface area contributed by atoms with Gasteiger partial charge in [-0.2, -0.15) is 0 Å². The number of rotatable bonds is 4. The third kappa shape index (κ3) is 3.51. The van der Waals surface area contributed by atoms with E-state index < -0.39 is 0 Å². The summed E-state index contributed by atoms with van der Waals surface area (Å²) in [5, 5.41) is 0. The zero-order valence-corrected chi connectivity index (χ0v) is 10.7. The number of ketones is 1. The Kier molecular flexibility index (Phi) is 4.34. The van der Waals surface area contributed by atoms with Crippen LogP contribution in [0.5, 0.6) is 0 Å². The van der Waals surface area contributed by atoms with Gasteiger partial charge in [-0.3, -0.25) is 4.79 Å². The van der Waals surface area contributed by atoms with Crippen LogP contribution in [-0.4, -0.2) is 11.9 Å². The Balaban J connectivity index is 2.72. The van der Waals surface area contributed by atoms with Gasteiger partial charge in [0, 0.05) is 18.4 Å². The maximum Gasteiger partial charge on any atom is 0.162 e. The summed E-state index contributed by atoms with van der Waals surface area (Å²) >= 11 is 0. The molecule has 90 valence electrons. The molecule has 0 saturated carbocycles. The van der Waals surface area contributed by atoms with Gasteiger partial charge in [-0.05, 0) is 33.1 Å². The smallest absolute Gasteiger partial charge is 0.162 e. The summed E-state index contributed by atoms with van der Waals surface area (Å²) in [6.45, 7) is 11.9. The van der Waals surface area contributed by atoms with Crippen LogP contribution in [0.25, 0.3) is 0 Å². The fourth-order valence-corrected chi connectivity index (χ4v) is 2.13. The van der Waals surface area contributed by atoms with Crippen molar-refractivity contribution in [2.24, 2.45) is 11.8 Å². The van der Waals surface area contributed by atoms with Crippen LogP contribution >= 0.6 is 0 Å². The van der Waals surface area contributed by atoms with Crippen LogP contribution in [-0.2, 0) is 9.53 Å². The molecule has 0 aromatic heterocycles. The summed E-state index contributed by atoms with van der Waals surface area (Å²) in [5.74, 6) is 1.47. The summed E-state index contributed by atoms with van der Waals surface area (Å²) in [6, 6.07) is 0. The monoisotopic (exact) mass is 222 g/mol. The molecule has 0 N–H and O–H groups in total. The van der Waals surface area contributed by atoms with E-state index in [9.17, 15) is 4.79 Å². The van der Waals surface area contributed by atoms with Crippen LogP contribution in [0.2, 0.25) is 0 Å². The molecule has 16 heavy (non-hydrogen) atoms. The molecule has 0 saturated heterocycles. The Morgan fingerprint density at radius 2 is 2.25 bits per heavy atom. The van der Waals surface area contributed by atoms with Crippen LogP contribution in [0.15, 0.2) is 24.0 Å². The molecule has 1 aliphatic carbocycles. The number of hydrogen-bond donors (Lipinski definition) is 0. The minimum absolute atomic E-state index is 0.0945. The lowest BCUT2D eigenvalue weighted by Gasteiger charge is -2.28. The number of carbonyl (C=O) groups is 1. The second-order valence-corrected chi connectivity index (χ2v) is 5.13. The molecule has 0 fully saturated rings. The first-order valence-electron chi connectivity index (χ1n) is 5.95. The minimum Gasteiger partial charge on any atom is -0.495 e. The molecule has 0 heterocycles. The number of ether oxygens (including phenoxy) is 1. The first kappa shape index (κ1) is 13.0. The first-order chi connectivity index (χ1) is 7.40. The van der Waals surface area contributed by atoms with Gasteiger partial charge in [0.2, 0.25) is 0 Å². The highest BCUT2D eigenvalue weighted by Crippen LogP contribution is 2.31. The lowest BCUT2D eigenvalue weighted by Crippen LogP contribution is -2.27.